The van der Waals surface area contributed by atoms with Crippen molar-refractivity contribution in [1.82, 2.24) is 0 Å². The number of methoxy groups -OCH3 is 1. The summed E-state index contributed by atoms with van der Waals surface area (Å²) in [5.74, 6) is 1.87. The van der Waals surface area contributed by atoms with Gasteiger partial charge in [-0.2, -0.15) is 0 Å². The zero-order chi connectivity index (χ0) is 23.6. The van der Waals surface area contributed by atoms with E-state index < -0.39 is 0 Å². The van der Waals surface area contributed by atoms with Crippen molar-refractivity contribution in [3.8, 4) is 34.5 Å². The Bertz CT molecular complexity index is 1530. The summed E-state index contributed by atoms with van der Waals surface area (Å²) in [7, 11) is 1.53. The quantitative estimate of drug-likeness (QED) is 0.198. The van der Waals surface area contributed by atoms with Gasteiger partial charge in [0.1, 0.15) is 23.0 Å². The van der Waals surface area contributed by atoms with Gasteiger partial charge in [-0.05, 0) is 98.2 Å². The van der Waals surface area contributed by atoms with E-state index in [-0.39, 0.29) is 23.2 Å². The molecule has 0 aromatic heterocycles. The Kier molecular flexibility index (Phi) is 4.74. The fourth-order valence-corrected chi connectivity index (χ4v) is 5.53. The van der Waals surface area contributed by atoms with Crippen molar-refractivity contribution in [2.75, 3.05) is 7.11 Å². The SMILES string of the molecule is COc1cc(C2c3c(ccc4ccc(O)cc34)Oc3ccc4ccc(O)cc4c32)cc(I)c1O. The first-order chi connectivity index (χ1) is 16.4. The Hall–Kier alpha value is -3.65. The minimum Gasteiger partial charge on any atom is -0.508 e. The molecule has 6 heteroatoms. The largest absolute Gasteiger partial charge is 0.508 e. The fraction of sp³-hybridized carbons (Fsp3) is 0.0714. The summed E-state index contributed by atoms with van der Waals surface area (Å²) in [6.45, 7) is 0. The van der Waals surface area contributed by atoms with E-state index in [9.17, 15) is 15.3 Å². The number of hydrogen-bond donors (Lipinski definition) is 3. The van der Waals surface area contributed by atoms with Crippen LogP contribution in [0.15, 0.2) is 72.8 Å². The zero-order valence-electron chi connectivity index (χ0n) is 18.0. The standard InChI is InChI=1S/C28H19IO5/c1-33-24-11-16(10-21(29)28(24)32)25-26-19-12-17(30)6-2-14(19)4-8-22(26)34-23-9-5-15-3-7-18(31)13-20(15)27(23)25/h2-13,25,30-32H,1H3. The Morgan fingerprint density at radius 3 is 1.79 bits per heavy atom. The molecule has 0 amide bonds. The third-order valence-corrected chi connectivity index (χ3v) is 7.24. The van der Waals surface area contributed by atoms with Gasteiger partial charge in [-0.25, -0.2) is 0 Å². The maximum atomic E-state index is 10.5. The molecule has 1 heterocycles. The molecular weight excluding hydrogens is 543 g/mol. The van der Waals surface area contributed by atoms with E-state index in [1.807, 2.05) is 48.5 Å². The molecule has 0 spiro atoms. The van der Waals surface area contributed by atoms with Gasteiger partial charge in [0.15, 0.2) is 11.5 Å². The minimum atomic E-state index is -0.308. The molecule has 0 saturated heterocycles. The van der Waals surface area contributed by atoms with Crippen LogP contribution >= 0.6 is 22.6 Å². The average molecular weight is 562 g/mol. The van der Waals surface area contributed by atoms with Crippen molar-refractivity contribution in [2.45, 2.75) is 5.92 Å². The number of phenolic OH excluding ortho intramolecular Hbond substituents is 3. The molecule has 0 aliphatic carbocycles. The summed E-state index contributed by atoms with van der Waals surface area (Å²) in [5.41, 5.74) is 2.71. The summed E-state index contributed by atoms with van der Waals surface area (Å²) in [6.07, 6.45) is 0. The van der Waals surface area contributed by atoms with E-state index >= 15 is 0 Å². The topological polar surface area (TPSA) is 79.2 Å². The third-order valence-electron chi connectivity index (χ3n) is 6.41. The number of hydrogen-bond acceptors (Lipinski definition) is 5. The molecule has 6 rings (SSSR count). The molecule has 1 aliphatic heterocycles. The van der Waals surface area contributed by atoms with Gasteiger partial charge in [-0.1, -0.05) is 24.3 Å². The van der Waals surface area contributed by atoms with Crippen molar-refractivity contribution >= 4 is 44.1 Å². The van der Waals surface area contributed by atoms with E-state index in [2.05, 4.69) is 22.6 Å². The van der Waals surface area contributed by atoms with Gasteiger partial charge >= 0.3 is 0 Å². The Morgan fingerprint density at radius 1 is 0.735 bits per heavy atom. The zero-order valence-corrected chi connectivity index (χ0v) is 20.2. The number of benzene rings is 5. The van der Waals surface area contributed by atoms with Gasteiger partial charge in [0.2, 0.25) is 0 Å². The van der Waals surface area contributed by atoms with Crippen LogP contribution in [0.1, 0.15) is 22.6 Å². The number of rotatable bonds is 2. The normalized spacial score (nSPS) is 12.9. The molecule has 5 aromatic carbocycles. The molecular formula is C28H19IO5. The highest BCUT2D eigenvalue weighted by Crippen LogP contribution is 2.53. The van der Waals surface area contributed by atoms with E-state index in [0.717, 1.165) is 38.2 Å². The van der Waals surface area contributed by atoms with Crippen molar-refractivity contribution in [3.63, 3.8) is 0 Å². The van der Waals surface area contributed by atoms with Crippen molar-refractivity contribution in [2.24, 2.45) is 0 Å². The molecule has 5 nitrogen and oxygen atoms in total. The second-order valence-corrected chi connectivity index (χ2v) is 9.52. The van der Waals surface area contributed by atoms with Gasteiger partial charge in [0, 0.05) is 17.0 Å². The number of phenols is 3. The number of fused-ring (bicyclic) bond motifs is 6. The molecule has 0 unspecified atom stereocenters. The number of halogens is 1. The highest BCUT2D eigenvalue weighted by molar-refractivity contribution is 14.1. The second kappa shape index (κ2) is 7.70. The lowest BCUT2D eigenvalue weighted by Gasteiger charge is -2.31. The van der Waals surface area contributed by atoms with Gasteiger partial charge in [0.25, 0.3) is 0 Å². The predicted molar refractivity (Wildman–Crippen MR) is 140 cm³/mol. The maximum Gasteiger partial charge on any atom is 0.171 e. The highest BCUT2D eigenvalue weighted by atomic mass is 127. The molecule has 3 N–H and O–H groups in total. The lowest BCUT2D eigenvalue weighted by Crippen LogP contribution is -2.13. The maximum absolute atomic E-state index is 10.5. The third kappa shape index (κ3) is 3.13. The summed E-state index contributed by atoms with van der Waals surface area (Å²) < 4.78 is 12.5. The molecule has 0 saturated carbocycles. The van der Waals surface area contributed by atoms with Crippen LogP contribution in [0.3, 0.4) is 0 Å². The molecule has 5 aromatic rings. The van der Waals surface area contributed by atoms with E-state index in [1.54, 1.807) is 24.3 Å². The first kappa shape index (κ1) is 20.9. The summed E-state index contributed by atoms with van der Waals surface area (Å²) in [4.78, 5) is 0. The van der Waals surface area contributed by atoms with Gasteiger partial charge < -0.3 is 24.8 Å². The Labute approximate surface area is 209 Å². The van der Waals surface area contributed by atoms with Crippen LogP contribution in [0, 0.1) is 3.57 Å². The lowest BCUT2D eigenvalue weighted by molar-refractivity contribution is 0.371. The average Bonchev–Trinajstić information content (AvgIpc) is 2.84. The van der Waals surface area contributed by atoms with Crippen LogP contribution in [0.5, 0.6) is 34.5 Å². The van der Waals surface area contributed by atoms with Crippen LogP contribution in [-0.4, -0.2) is 22.4 Å². The van der Waals surface area contributed by atoms with Gasteiger partial charge in [-0.3, -0.25) is 0 Å². The van der Waals surface area contributed by atoms with Crippen LogP contribution in [0.4, 0.5) is 0 Å². The minimum absolute atomic E-state index is 0.0884. The first-order valence-corrected chi connectivity index (χ1v) is 11.8. The Morgan fingerprint density at radius 2 is 1.26 bits per heavy atom. The number of aromatic hydroxyl groups is 3. The molecule has 0 radical (unpaired) electrons. The van der Waals surface area contributed by atoms with Crippen molar-refractivity contribution in [1.29, 1.82) is 0 Å². The summed E-state index contributed by atoms with van der Waals surface area (Å²) in [5, 5.41) is 34.8. The van der Waals surface area contributed by atoms with Crippen molar-refractivity contribution < 1.29 is 24.8 Å². The van der Waals surface area contributed by atoms with Gasteiger partial charge in [-0.15, -0.1) is 0 Å². The van der Waals surface area contributed by atoms with Crippen LogP contribution in [0.2, 0.25) is 0 Å². The molecule has 168 valence electrons. The predicted octanol–water partition coefficient (Wildman–Crippen LogP) is 7.01. The van der Waals surface area contributed by atoms with Crippen molar-refractivity contribution in [3.05, 3.63) is 93.1 Å². The summed E-state index contributed by atoms with van der Waals surface area (Å²) in [6, 6.07) is 22.2. The molecule has 0 atom stereocenters. The molecule has 34 heavy (non-hydrogen) atoms. The van der Waals surface area contributed by atoms with Crippen LogP contribution in [0.25, 0.3) is 21.5 Å². The van der Waals surface area contributed by atoms with E-state index in [0.29, 0.717) is 20.8 Å². The van der Waals surface area contributed by atoms with E-state index in [1.165, 1.54) is 7.11 Å². The first-order valence-electron chi connectivity index (χ1n) is 10.7. The smallest absolute Gasteiger partial charge is 0.171 e. The molecule has 1 aliphatic rings. The number of ether oxygens (including phenoxy) is 2. The van der Waals surface area contributed by atoms with E-state index in [4.69, 9.17) is 9.47 Å². The highest BCUT2D eigenvalue weighted by Gasteiger charge is 2.33. The molecule has 0 bridgehead atoms. The summed E-state index contributed by atoms with van der Waals surface area (Å²) >= 11 is 2.10. The van der Waals surface area contributed by atoms with Gasteiger partial charge in [0.05, 0.1) is 10.7 Å². The Balaban J connectivity index is 1.77. The monoisotopic (exact) mass is 562 g/mol. The van der Waals surface area contributed by atoms with Crippen LogP contribution in [-0.2, 0) is 0 Å². The molecule has 0 fully saturated rings. The van der Waals surface area contributed by atoms with Crippen LogP contribution < -0.4 is 9.47 Å². The fourth-order valence-electron chi connectivity index (χ4n) is 4.91. The second-order valence-electron chi connectivity index (χ2n) is 8.35. The lowest BCUT2D eigenvalue weighted by atomic mass is 9.78.